The van der Waals surface area contributed by atoms with Gasteiger partial charge in [0.2, 0.25) is 0 Å². The van der Waals surface area contributed by atoms with Gasteiger partial charge in [0.25, 0.3) is 0 Å². The first kappa shape index (κ1) is 14.3. The number of benzene rings is 3. The van der Waals surface area contributed by atoms with Crippen LogP contribution in [0.5, 0.6) is 0 Å². The SMILES string of the molecule is c1ccc(N2CC[NH+](Cc3cccc4ccccc34)CC2)cc1. The Morgan fingerprint density at radius 1 is 0.739 bits per heavy atom. The van der Waals surface area contributed by atoms with E-state index in [0.717, 1.165) is 19.6 Å². The molecule has 3 aromatic rings. The number of hydrogen-bond donors (Lipinski definition) is 1. The number of rotatable bonds is 3. The predicted molar refractivity (Wildman–Crippen MR) is 97.0 cm³/mol. The van der Waals surface area contributed by atoms with Crippen LogP contribution in [0.25, 0.3) is 10.8 Å². The molecule has 1 saturated heterocycles. The highest BCUT2D eigenvalue weighted by molar-refractivity contribution is 5.85. The van der Waals surface area contributed by atoms with Gasteiger partial charge >= 0.3 is 0 Å². The van der Waals surface area contributed by atoms with Crippen molar-refractivity contribution in [1.29, 1.82) is 0 Å². The number of anilines is 1. The highest BCUT2D eigenvalue weighted by Gasteiger charge is 2.20. The van der Waals surface area contributed by atoms with Crippen LogP contribution in [0.2, 0.25) is 0 Å². The van der Waals surface area contributed by atoms with Gasteiger partial charge in [-0.25, -0.2) is 0 Å². The quantitative estimate of drug-likeness (QED) is 0.782. The first-order valence-corrected chi connectivity index (χ1v) is 8.50. The number of nitrogens with zero attached hydrogens (tertiary/aromatic N) is 1. The Morgan fingerprint density at radius 3 is 2.26 bits per heavy atom. The normalized spacial score (nSPS) is 15.9. The summed E-state index contributed by atoms with van der Waals surface area (Å²) in [4.78, 5) is 4.20. The molecule has 0 atom stereocenters. The lowest BCUT2D eigenvalue weighted by Gasteiger charge is -2.33. The predicted octanol–water partition coefficient (Wildman–Crippen LogP) is 2.74. The minimum Gasteiger partial charge on any atom is -0.360 e. The summed E-state index contributed by atoms with van der Waals surface area (Å²) in [5.41, 5.74) is 2.84. The summed E-state index contributed by atoms with van der Waals surface area (Å²) < 4.78 is 0. The van der Waals surface area contributed by atoms with E-state index in [1.54, 1.807) is 4.90 Å². The molecule has 116 valence electrons. The van der Waals surface area contributed by atoms with Crippen LogP contribution in [-0.2, 0) is 6.54 Å². The van der Waals surface area contributed by atoms with Crippen LogP contribution in [0.4, 0.5) is 5.69 Å². The minimum absolute atomic E-state index is 1.13. The lowest BCUT2D eigenvalue weighted by Crippen LogP contribution is -3.13. The summed E-state index contributed by atoms with van der Waals surface area (Å²) in [5, 5.41) is 2.76. The number of hydrogen-bond acceptors (Lipinski definition) is 1. The first-order valence-electron chi connectivity index (χ1n) is 8.50. The zero-order valence-electron chi connectivity index (χ0n) is 13.4. The van der Waals surface area contributed by atoms with E-state index in [1.807, 2.05) is 0 Å². The van der Waals surface area contributed by atoms with E-state index in [4.69, 9.17) is 0 Å². The fourth-order valence-electron chi connectivity index (χ4n) is 3.61. The summed E-state index contributed by atoms with van der Waals surface area (Å²) >= 11 is 0. The van der Waals surface area contributed by atoms with Crippen molar-refractivity contribution in [3.05, 3.63) is 78.4 Å². The molecular formula is C21H23N2+. The Balaban J connectivity index is 1.45. The van der Waals surface area contributed by atoms with Crippen LogP contribution in [0.15, 0.2) is 72.8 Å². The van der Waals surface area contributed by atoms with Crippen LogP contribution >= 0.6 is 0 Å². The van der Waals surface area contributed by atoms with Gasteiger partial charge in [-0.05, 0) is 22.9 Å². The topological polar surface area (TPSA) is 7.68 Å². The van der Waals surface area contributed by atoms with Gasteiger partial charge in [-0.15, -0.1) is 0 Å². The third-order valence-corrected chi connectivity index (χ3v) is 4.91. The summed E-state index contributed by atoms with van der Waals surface area (Å²) in [6.45, 7) is 5.83. The summed E-state index contributed by atoms with van der Waals surface area (Å²) in [6.07, 6.45) is 0. The molecule has 3 aromatic carbocycles. The van der Waals surface area contributed by atoms with Crippen molar-refractivity contribution < 1.29 is 4.90 Å². The monoisotopic (exact) mass is 303 g/mol. The van der Waals surface area contributed by atoms with Crippen LogP contribution in [0, 0.1) is 0 Å². The van der Waals surface area contributed by atoms with Gasteiger partial charge in [-0.2, -0.15) is 0 Å². The van der Waals surface area contributed by atoms with E-state index < -0.39 is 0 Å². The molecule has 1 aliphatic rings. The van der Waals surface area contributed by atoms with E-state index in [0.29, 0.717) is 0 Å². The van der Waals surface area contributed by atoms with Gasteiger partial charge in [-0.3, -0.25) is 0 Å². The molecule has 0 radical (unpaired) electrons. The van der Waals surface area contributed by atoms with Crippen molar-refractivity contribution >= 4 is 16.5 Å². The van der Waals surface area contributed by atoms with E-state index in [9.17, 15) is 0 Å². The second-order valence-electron chi connectivity index (χ2n) is 6.39. The smallest absolute Gasteiger partial charge is 0.104 e. The van der Waals surface area contributed by atoms with Crippen molar-refractivity contribution in [2.24, 2.45) is 0 Å². The molecule has 0 aliphatic carbocycles. The molecular weight excluding hydrogens is 280 g/mol. The molecule has 1 fully saturated rings. The maximum atomic E-state index is 2.51. The van der Waals surface area contributed by atoms with Gasteiger partial charge in [0.1, 0.15) is 6.54 Å². The van der Waals surface area contributed by atoms with Gasteiger partial charge in [-0.1, -0.05) is 60.7 Å². The maximum Gasteiger partial charge on any atom is 0.104 e. The molecule has 0 saturated carbocycles. The second kappa shape index (κ2) is 6.43. The third kappa shape index (κ3) is 3.08. The van der Waals surface area contributed by atoms with Crippen molar-refractivity contribution in [1.82, 2.24) is 0 Å². The lowest BCUT2D eigenvalue weighted by atomic mass is 10.0. The summed E-state index contributed by atoms with van der Waals surface area (Å²) in [5.74, 6) is 0. The Labute approximate surface area is 138 Å². The van der Waals surface area contributed by atoms with E-state index in [-0.39, 0.29) is 0 Å². The molecule has 1 aliphatic heterocycles. The molecule has 1 heterocycles. The molecule has 0 bridgehead atoms. The Morgan fingerprint density at radius 2 is 1.43 bits per heavy atom. The number of fused-ring (bicyclic) bond motifs is 1. The van der Waals surface area contributed by atoms with Gasteiger partial charge in [0, 0.05) is 11.3 Å². The molecule has 1 N–H and O–H groups in total. The molecule has 2 nitrogen and oxygen atoms in total. The third-order valence-electron chi connectivity index (χ3n) is 4.91. The fraction of sp³-hybridized carbons (Fsp3) is 0.238. The van der Waals surface area contributed by atoms with Crippen molar-refractivity contribution in [3.63, 3.8) is 0 Å². The fourth-order valence-corrected chi connectivity index (χ4v) is 3.61. The Bertz CT molecular complexity index is 769. The average molecular weight is 303 g/mol. The molecule has 2 heteroatoms. The zero-order chi connectivity index (χ0) is 15.5. The summed E-state index contributed by atoms with van der Waals surface area (Å²) in [7, 11) is 0. The van der Waals surface area contributed by atoms with E-state index >= 15 is 0 Å². The highest BCUT2D eigenvalue weighted by Crippen LogP contribution is 2.18. The van der Waals surface area contributed by atoms with Gasteiger partial charge in [0.15, 0.2) is 0 Å². The number of piperazine rings is 1. The zero-order valence-corrected chi connectivity index (χ0v) is 13.4. The minimum atomic E-state index is 1.13. The highest BCUT2D eigenvalue weighted by atomic mass is 15.3. The lowest BCUT2D eigenvalue weighted by molar-refractivity contribution is -0.914. The Kier molecular flexibility index (Phi) is 3.99. The van der Waals surface area contributed by atoms with Crippen molar-refractivity contribution in [2.75, 3.05) is 31.1 Å². The van der Waals surface area contributed by atoms with Crippen LogP contribution in [0.1, 0.15) is 5.56 Å². The van der Waals surface area contributed by atoms with E-state index in [2.05, 4.69) is 77.7 Å². The van der Waals surface area contributed by atoms with Crippen LogP contribution < -0.4 is 9.80 Å². The van der Waals surface area contributed by atoms with Crippen LogP contribution in [-0.4, -0.2) is 26.2 Å². The molecule has 23 heavy (non-hydrogen) atoms. The maximum absolute atomic E-state index is 2.51. The van der Waals surface area contributed by atoms with Gasteiger partial charge in [0.05, 0.1) is 26.2 Å². The molecule has 4 rings (SSSR count). The Hall–Kier alpha value is -2.32. The number of nitrogens with one attached hydrogen (secondary N) is 1. The molecule has 0 amide bonds. The van der Waals surface area contributed by atoms with Crippen LogP contribution in [0.3, 0.4) is 0 Å². The van der Waals surface area contributed by atoms with Crippen molar-refractivity contribution in [2.45, 2.75) is 6.54 Å². The average Bonchev–Trinajstić information content (AvgIpc) is 2.63. The molecule has 0 unspecified atom stereocenters. The molecule has 0 aromatic heterocycles. The largest absolute Gasteiger partial charge is 0.360 e. The first-order chi connectivity index (χ1) is 11.4. The number of para-hydroxylation sites is 1. The summed E-state index contributed by atoms with van der Waals surface area (Å²) in [6, 6.07) is 26.2. The van der Waals surface area contributed by atoms with Crippen molar-refractivity contribution in [3.8, 4) is 0 Å². The molecule has 0 spiro atoms. The van der Waals surface area contributed by atoms with E-state index in [1.165, 1.54) is 35.1 Å². The van der Waals surface area contributed by atoms with Gasteiger partial charge < -0.3 is 9.80 Å². The second-order valence-corrected chi connectivity index (χ2v) is 6.39. The number of quaternary nitrogens is 1. The standard InChI is InChI=1S/C21H22N2/c1-2-10-20(11-3-1)23-15-13-22(14-16-23)17-19-9-6-8-18-7-4-5-12-21(18)19/h1-12H,13-17H2/p+1.